The lowest BCUT2D eigenvalue weighted by atomic mass is 10.2. The van der Waals surface area contributed by atoms with E-state index >= 15 is 0 Å². The summed E-state index contributed by atoms with van der Waals surface area (Å²) in [6.07, 6.45) is 1.71. The maximum absolute atomic E-state index is 14.0. The summed E-state index contributed by atoms with van der Waals surface area (Å²) < 4.78 is 19.0. The minimum Gasteiger partial charge on any atom is -0.383 e. The molecule has 4 nitrogen and oxygen atoms in total. The molecular formula is C15H18FN3OS. The van der Waals surface area contributed by atoms with Gasteiger partial charge in [-0.2, -0.15) is 0 Å². The number of nitrogens with zero attached hydrogens (tertiary/aromatic N) is 2. The van der Waals surface area contributed by atoms with Crippen LogP contribution >= 0.6 is 11.8 Å². The molecule has 2 aromatic rings. The third kappa shape index (κ3) is 4.77. The van der Waals surface area contributed by atoms with Crippen LogP contribution in [-0.2, 0) is 11.3 Å². The monoisotopic (exact) mass is 307 g/mol. The number of halogens is 1. The summed E-state index contributed by atoms with van der Waals surface area (Å²) in [5, 5.41) is 3.79. The van der Waals surface area contributed by atoms with Gasteiger partial charge in [-0.15, -0.1) is 0 Å². The van der Waals surface area contributed by atoms with E-state index in [9.17, 15) is 4.39 Å². The van der Waals surface area contributed by atoms with Crippen molar-refractivity contribution in [1.29, 1.82) is 0 Å². The van der Waals surface area contributed by atoms with Crippen molar-refractivity contribution in [3.8, 4) is 0 Å². The molecule has 2 rings (SSSR count). The number of aryl methyl sites for hydroxylation is 1. The summed E-state index contributed by atoms with van der Waals surface area (Å²) in [5.41, 5.74) is 1.52. The van der Waals surface area contributed by atoms with E-state index in [1.54, 1.807) is 19.4 Å². The van der Waals surface area contributed by atoms with Crippen molar-refractivity contribution in [1.82, 2.24) is 15.3 Å². The predicted octanol–water partition coefficient (Wildman–Crippen LogP) is 2.81. The second-order valence-corrected chi connectivity index (χ2v) is 5.48. The first-order valence-electron chi connectivity index (χ1n) is 6.65. The lowest BCUT2D eigenvalue weighted by Gasteiger charge is -2.10. The Morgan fingerprint density at radius 3 is 2.95 bits per heavy atom. The average Bonchev–Trinajstić information content (AvgIpc) is 2.46. The van der Waals surface area contributed by atoms with Crippen LogP contribution in [0.15, 0.2) is 40.5 Å². The lowest BCUT2D eigenvalue weighted by Crippen LogP contribution is -2.19. The fraction of sp³-hybridized carbons (Fsp3) is 0.333. The zero-order valence-electron chi connectivity index (χ0n) is 12.1. The van der Waals surface area contributed by atoms with Crippen molar-refractivity contribution in [2.45, 2.75) is 23.5 Å². The van der Waals surface area contributed by atoms with Crippen LogP contribution in [0.3, 0.4) is 0 Å². The van der Waals surface area contributed by atoms with Gasteiger partial charge in [0.15, 0.2) is 5.16 Å². The third-order valence-corrected chi connectivity index (χ3v) is 3.82. The molecule has 112 valence electrons. The van der Waals surface area contributed by atoms with E-state index in [1.807, 2.05) is 19.1 Å². The number of benzene rings is 1. The Balaban J connectivity index is 2.13. The molecule has 0 fully saturated rings. The molecule has 0 saturated carbocycles. The van der Waals surface area contributed by atoms with Gasteiger partial charge in [0.05, 0.1) is 6.61 Å². The van der Waals surface area contributed by atoms with Gasteiger partial charge in [0.1, 0.15) is 5.82 Å². The Kier molecular flexibility index (Phi) is 6.10. The maximum Gasteiger partial charge on any atom is 0.192 e. The lowest BCUT2D eigenvalue weighted by molar-refractivity contribution is 0.199. The summed E-state index contributed by atoms with van der Waals surface area (Å²) in [6.45, 7) is 3.63. The third-order valence-electron chi connectivity index (χ3n) is 2.83. The van der Waals surface area contributed by atoms with Crippen molar-refractivity contribution >= 4 is 11.8 Å². The van der Waals surface area contributed by atoms with Gasteiger partial charge in [-0.1, -0.05) is 6.07 Å². The van der Waals surface area contributed by atoms with Crippen LogP contribution < -0.4 is 5.32 Å². The highest BCUT2D eigenvalue weighted by molar-refractivity contribution is 7.99. The molecule has 1 aromatic carbocycles. The smallest absolute Gasteiger partial charge is 0.192 e. The first kappa shape index (κ1) is 15.9. The summed E-state index contributed by atoms with van der Waals surface area (Å²) in [7, 11) is 1.64. The van der Waals surface area contributed by atoms with E-state index in [1.165, 1.54) is 17.8 Å². The van der Waals surface area contributed by atoms with Gasteiger partial charge in [0.25, 0.3) is 0 Å². The Morgan fingerprint density at radius 2 is 2.19 bits per heavy atom. The average molecular weight is 307 g/mol. The van der Waals surface area contributed by atoms with Gasteiger partial charge in [-0.25, -0.2) is 14.4 Å². The zero-order chi connectivity index (χ0) is 15.1. The molecule has 0 aliphatic rings. The second kappa shape index (κ2) is 8.07. The summed E-state index contributed by atoms with van der Waals surface area (Å²) in [5.74, 6) is -0.224. The van der Waals surface area contributed by atoms with Crippen LogP contribution in [0.25, 0.3) is 0 Å². The second-order valence-electron chi connectivity index (χ2n) is 4.47. The number of rotatable bonds is 7. The van der Waals surface area contributed by atoms with Crippen molar-refractivity contribution in [3.05, 3.63) is 47.5 Å². The van der Waals surface area contributed by atoms with Crippen LogP contribution in [0.1, 0.15) is 11.3 Å². The molecule has 0 aliphatic heterocycles. The summed E-state index contributed by atoms with van der Waals surface area (Å²) in [6, 6.07) is 6.89. The molecule has 0 aliphatic carbocycles. The van der Waals surface area contributed by atoms with E-state index < -0.39 is 0 Å². The van der Waals surface area contributed by atoms with E-state index in [-0.39, 0.29) is 5.82 Å². The van der Waals surface area contributed by atoms with Gasteiger partial charge >= 0.3 is 0 Å². The topological polar surface area (TPSA) is 47.0 Å². The van der Waals surface area contributed by atoms with E-state index in [2.05, 4.69) is 15.3 Å². The fourth-order valence-electron chi connectivity index (χ4n) is 1.77. The van der Waals surface area contributed by atoms with Crippen molar-refractivity contribution in [2.75, 3.05) is 20.3 Å². The van der Waals surface area contributed by atoms with Gasteiger partial charge in [0, 0.05) is 42.5 Å². The highest BCUT2D eigenvalue weighted by Crippen LogP contribution is 2.29. The molecular weight excluding hydrogens is 289 g/mol. The summed E-state index contributed by atoms with van der Waals surface area (Å²) >= 11 is 1.37. The molecule has 1 heterocycles. The maximum atomic E-state index is 14.0. The molecule has 0 spiro atoms. The quantitative estimate of drug-likeness (QED) is 0.629. The van der Waals surface area contributed by atoms with Crippen molar-refractivity contribution in [2.24, 2.45) is 0 Å². The van der Waals surface area contributed by atoms with Crippen LogP contribution in [0.5, 0.6) is 0 Å². The van der Waals surface area contributed by atoms with Crippen molar-refractivity contribution in [3.63, 3.8) is 0 Å². The van der Waals surface area contributed by atoms with Crippen LogP contribution in [0, 0.1) is 12.7 Å². The Labute approximate surface area is 128 Å². The standard InChI is InChI=1S/C15H18FN3OS/c1-11-6-7-18-15(19-11)21-14-5-3-4-13(16)12(14)10-17-8-9-20-2/h3-7,17H,8-10H2,1-2H3. The molecule has 0 saturated heterocycles. The van der Waals surface area contributed by atoms with E-state index in [4.69, 9.17) is 4.74 Å². The Hall–Kier alpha value is -1.50. The largest absolute Gasteiger partial charge is 0.383 e. The number of nitrogens with one attached hydrogen (secondary N) is 1. The van der Waals surface area contributed by atoms with E-state index in [0.29, 0.717) is 30.4 Å². The van der Waals surface area contributed by atoms with Gasteiger partial charge < -0.3 is 10.1 Å². The number of aromatic nitrogens is 2. The number of ether oxygens (including phenoxy) is 1. The number of hydrogen-bond donors (Lipinski definition) is 1. The minimum absolute atomic E-state index is 0.224. The first-order valence-corrected chi connectivity index (χ1v) is 7.47. The Bertz CT molecular complexity index is 595. The molecule has 0 radical (unpaired) electrons. The molecule has 1 aromatic heterocycles. The SMILES string of the molecule is COCCNCc1c(F)cccc1Sc1nccc(C)n1. The molecule has 1 N–H and O–H groups in total. The Morgan fingerprint density at radius 1 is 1.33 bits per heavy atom. The molecule has 0 amide bonds. The summed E-state index contributed by atoms with van der Waals surface area (Å²) in [4.78, 5) is 9.37. The minimum atomic E-state index is -0.224. The van der Waals surface area contributed by atoms with Crippen LogP contribution in [-0.4, -0.2) is 30.2 Å². The molecule has 21 heavy (non-hydrogen) atoms. The molecule has 0 unspecified atom stereocenters. The van der Waals surface area contributed by atoms with Gasteiger partial charge in [0.2, 0.25) is 0 Å². The fourth-order valence-corrected chi connectivity index (χ4v) is 2.71. The normalized spacial score (nSPS) is 10.8. The number of hydrogen-bond acceptors (Lipinski definition) is 5. The van der Waals surface area contributed by atoms with Crippen LogP contribution in [0.2, 0.25) is 0 Å². The van der Waals surface area contributed by atoms with Gasteiger partial charge in [-0.05, 0) is 36.9 Å². The van der Waals surface area contributed by atoms with Crippen LogP contribution in [0.4, 0.5) is 4.39 Å². The van der Waals surface area contributed by atoms with E-state index in [0.717, 1.165) is 10.6 Å². The number of methoxy groups -OCH3 is 1. The highest BCUT2D eigenvalue weighted by atomic mass is 32.2. The molecule has 6 heteroatoms. The van der Waals surface area contributed by atoms with Gasteiger partial charge in [-0.3, -0.25) is 0 Å². The van der Waals surface area contributed by atoms with Crippen molar-refractivity contribution < 1.29 is 9.13 Å². The zero-order valence-corrected chi connectivity index (χ0v) is 12.9. The first-order chi connectivity index (χ1) is 10.2. The predicted molar refractivity (Wildman–Crippen MR) is 80.9 cm³/mol. The molecule has 0 bridgehead atoms. The highest BCUT2D eigenvalue weighted by Gasteiger charge is 2.11. The molecule has 0 atom stereocenters.